The summed E-state index contributed by atoms with van der Waals surface area (Å²) in [6.45, 7) is 2.08. The van der Waals surface area contributed by atoms with Gasteiger partial charge in [0.05, 0.1) is 11.3 Å². The Hall–Kier alpha value is -2.93. The summed E-state index contributed by atoms with van der Waals surface area (Å²) in [5.41, 5.74) is 7.62. The number of primary amides is 1. The minimum absolute atomic E-state index is 0.324. The predicted molar refractivity (Wildman–Crippen MR) is 101 cm³/mol. The van der Waals surface area contributed by atoms with Crippen molar-refractivity contribution in [2.75, 3.05) is 13.1 Å². The first-order valence-electron chi connectivity index (χ1n) is 8.92. The Labute approximate surface area is 155 Å². The number of pyridine rings is 1. The molecule has 1 amide bonds. The monoisotopic (exact) mass is 367 g/mol. The lowest BCUT2D eigenvalue weighted by molar-refractivity contribution is 0.133. The fourth-order valence-corrected chi connectivity index (χ4v) is 3.63. The van der Waals surface area contributed by atoms with Crippen LogP contribution in [0.4, 0.5) is 9.18 Å². The van der Waals surface area contributed by atoms with Crippen molar-refractivity contribution >= 4 is 16.9 Å². The zero-order valence-corrected chi connectivity index (χ0v) is 14.7. The molecular formula is C20H20FN4O2. The van der Waals surface area contributed by atoms with Gasteiger partial charge in [0.25, 0.3) is 5.56 Å². The molecule has 1 atom stereocenters. The Bertz CT molecular complexity index is 1060. The molecule has 1 aromatic carbocycles. The van der Waals surface area contributed by atoms with Gasteiger partial charge >= 0.3 is 6.03 Å². The average Bonchev–Trinajstić information content (AvgIpc) is 3.04. The number of carbonyl (C=O) groups excluding carboxylic acids is 1. The molecule has 6 nitrogen and oxygen atoms in total. The number of hydrogen-bond donors (Lipinski definition) is 2. The third kappa shape index (κ3) is 3.50. The van der Waals surface area contributed by atoms with Crippen molar-refractivity contribution in [1.82, 2.24) is 14.5 Å². The van der Waals surface area contributed by atoms with E-state index < -0.39 is 17.8 Å². The SMILES string of the molecule is NC(=O)n1c[c]cc(-c2cc3cc(CN4CCCC(F)C4)ccc3[nH]2)c1=O. The Morgan fingerprint density at radius 1 is 1.37 bits per heavy atom. The van der Waals surface area contributed by atoms with E-state index in [0.29, 0.717) is 30.8 Å². The van der Waals surface area contributed by atoms with E-state index in [9.17, 15) is 14.0 Å². The fourth-order valence-electron chi connectivity index (χ4n) is 3.63. The largest absolute Gasteiger partial charge is 0.354 e. The van der Waals surface area contributed by atoms with Crippen molar-refractivity contribution in [2.45, 2.75) is 25.6 Å². The van der Waals surface area contributed by atoms with Gasteiger partial charge in [-0.15, -0.1) is 0 Å². The van der Waals surface area contributed by atoms with Crippen molar-refractivity contribution in [2.24, 2.45) is 5.73 Å². The van der Waals surface area contributed by atoms with Gasteiger partial charge in [-0.05, 0) is 49.2 Å². The van der Waals surface area contributed by atoms with Crippen LogP contribution >= 0.6 is 0 Å². The smallest absolute Gasteiger partial charge is 0.325 e. The number of halogens is 1. The van der Waals surface area contributed by atoms with Crippen LogP contribution in [0.15, 0.2) is 41.3 Å². The second-order valence-corrected chi connectivity index (χ2v) is 6.95. The summed E-state index contributed by atoms with van der Waals surface area (Å²) in [5.74, 6) is 0. The first-order valence-corrected chi connectivity index (χ1v) is 8.92. The molecule has 139 valence electrons. The number of aromatic nitrogens is 2. The summed E-state index contributed by atoms with van der Waals surface area (Å²) in [5, 5.41) is 0.949. The van der Waals surface area contributed by atoms with E-state index in [1.807, 2.05) is 24.3 Å². The number of likely N-dealkylation sites (tertiary alicyclic amines) is 1. The molecule has 27 heavy (non-hydrogen) atoms. The number of nitrogens with one attached hydrogen (secondary N) is 1. The number of amides is 1. The fraction of sp³-hybridized carbons (Fsp3) is 0.300. The molecule has 0 aliphatic carbocycles. The number of aromatic amines is 1. The number of alkyl halides is 1. The van der Waals surface area contributed by atoms with Crippen LogP contribution in [0.25, 0.3) is 22.2 Å². The van der Waals surface area contributed by atoms with E-state index in [4.69, 9.17) is 5.73 Å². The quantitative estimate of drug-likeness (QED) is 0.746. The Kier molecular flexibility index (Phi) is 4.53. The van der Waals surface area contributed by atoms with Crippen LogP contribution in [-0.4, -0.2) is 39.7 Å². The zero-order chi connectivity index (χ0) is 19.0. The number of piperidine rings is 1. The molecule has 7 heteroatoms. The third-order valence-corrected chi connectivity index (χ3v) is 4.95. The molecule has 1 aliphatic rings. The van der Waals surface area contributed by atoms with Crippen molar-refractivity contribution in [3.8, 4) is 11.3 Å². The number of H-pyrrole nitrogens is 1. The Morgan fingerprint density at radius 2 is 2.22 bits per heavy atom. The van der Waals surface area contributed by atoms with Crippen molar-refractivity contribution < 1.29 is 9.18 Å². The highest BCUT2D eigenvalue weighted by molar-refractivity contribution is 5.86. The standard InChI is InChI=1S/C20H20FN4O2/c21-15-3-1-7-24(12-15)11-13-5-6-17-14(9-13)10-18(23-17)16-4-2-8-25(19(16)26)20(22)27/h4-6,8-10,15,23H,1,3,7,11-12H2,(H2,22,27). The van der Waals surface area contributed by atoms with Gasteiger partial charge < -0.3 is 10.7 Å². The number of nitrogens with zero attached hydrogens (tertiary/aromatic N) is 2. The van der Waals surface area contributed by atoms with Crippen LogP contribution in [0.1, 0.15) is 18.4 Å². The number of benzene rings is 1. The average molecular weight is 367 g/mol. The van der Waals surface area contributed by atoms with Crippen LogP contribution in [0, 0.1) is 6.07 Å². The highest BCUT2D eigenvalue weighted by atomic mass is 19.1. The van der Waals surface area contributed by atoms with Gasteiger partial charge in [-0.1, -0.05) is 6.07 Å². The summed E-state index contributed by atoms with van der Waals surface area (Å²) in [6, 6.07) is 11.3. The van der Waals surface area contributed by atoms with Crippen LogP contribution in [-0.2, 0) is 6.54 Å². The maximum atomic E-state index is 13.6. The van der Waals surface area contributed by atoms with Gasteiger partial charge in [-0.25, -0.2) is 13.8 Å². The van der Waals surface area contributed by atoms with Gasteiger partial charge in [0, 0.05) is 36.3 Å². The first kappa shape index (κ1) is 17.5. The second kappa shape index (κ2) is 7.00. The van der Waals surface area contributed by atoms with Crippen LogP contribution in [0.5, 0.6) is 0 Å². The molecule has 3 aromatic rings. The molecule has 1 unspecified atom stereocenters. The van der Waals surface area contributed by atoms with E-state index in [2.05, 4.69) is 16.0 Å². The predicted octanol–water partition coefficient (Wildman–Crippen LogP) is 2.66. The third-order valence-electron chi connectivity index (χ3n) is 4.95. The maximum absolute atomic E-state index is 13.6. The van der Waals surface area contributed by atoms with Gasteiger partial charge in [0.1, 0.15) is 6.17 Å². The summed E-state index contributed by atoms with van der Waals surface area (Å²) in [6.07, 6.45) is 2.01. The maximum Gasteiger partial charge on any atom is 0.325 e. The summed E-state index contributed by atoms with van der Waals surface area (Å²) in [4.78, 5) is 29.1. The van der Waals surface area contributed by atoms with Crippen LogP contribution in [0.2, 0.25) is 0 Å². The van der Waals surface area contributed by atoms with Crippen molar-refractivity contribution in [1.29, 1.82) is 0 Å². The molecule has 0 bridgehead atoms. The Balaban J connectivity index is 1.65. The van der Waals surface area contributed by atoms with Gasteiger partial charge in [0.15, 0.2) is 0 Å². The minimum atomic E-state index is -0.843. The number of fused-ring (bicyclic) bond motifs is 1. The molecule has 0 saturated carbocycles. The molecule has 2 aromatic heterocycles. The molecule has 3 heterocycles. The van der Waals surface area contributed by atoms with E-state index in [1.54, 1.807) is 0 Å². The molecule has 1 radical (unpaired) electrons. The van der Waals surface area contributed by atoms with Crippen molar-refractivity contribution in [3.05, 3.63) is 58.5 Å². The van der Waals surface area contributed by atoms with E-state index in [-0.39, 0.29) is 0 Å². The topological polar surface area (TPSA) is 84.1 Å². The number of nitrogens with two attached hydrogens (primary N) is 1. The van der Waals surface area contributed by atoms with E-state index >= 15 is 0 Å². The van der Waals surface area contributed by atoms with E-state index in [0.717, 1.165) is 34.0 Å². The normalized spacial score (nSPS) is 18.0. The van der Waals surface area contributed by atoms with Gasteiger partial charge in [-0.2, -0.15) is 0 Å². The number of hydrogen-bond acceptors (Lipinski definition) is 3. The molecule has 0 spiro atoms. The highest BCUT2D eigenvalue weighted by Gasteiger charge is 2.19. The number of carbonyl (C=O) groups is 1. The first-order chi connectivity index (χ1) is 13.0. The molecular weight excluding hydrogens is 347 g/mol. The summed E-state index contributed by atoms with van der Waals surface area (Å²) >= 11 is 0. The lowest BCUT2D eigenvalue weighted by Gasteiger charge is -2.28. The van der Waals surface area contributed by atoms with E-state index in [1.165, 1.54) is 12.3 Å². The second-order valence-electron chi connectivity index (χ2n) is 6.95. The van der Waals surface area contributed by atoms with Crippen LogP contribution in [0.3, 0.4) is 0 Å². The minimum Gasteiger partial charge on any atom is -0.354 e. The van der Waals surface area contributed by atoms with Crippen LogP contribution < -0.4 is 11.3 Å². The molecule has 1 fully saturated rings. The van der Waals surface area contributed by atoms with Crippen molar-refractivity contribution in [3.63, 3.8) is 0 Å². The highest BCUT2D eigenvalue weighted by Crippen LogP contribution is 2.24. The lowest BCUT2D eigenvalue weighted by atomic mass is 10.1. The number of rotatable bonds is 3. The molecule has 1 aliphatic heterocycles. The van der Waals surface area contributed by atoms with Gasteiger partial charge in [0.2, 0.25) is 0 Å². The van der Waals surface area contributed by atoms with Gasteiger partial charge in [-0.3, -0.25) is 9.69 Å². The molecule has 3 N–H and O–H groups in total. The molecule has 1 saturated heterocycles. The Morgan fingerprint density at radius 3 is 3.00 bits per heavy atom. The summed E-state index contributed by atoms with van der Waals surface area (Å²) in [7, 11) is 0. The zero-order valence-electron chi connectivity index (χ0n) is 14.7. The molecule has 4 rings (SSSR count). The summed E-state index contributed by atoms with van der Waals surface area (Å²) < 4.78 is 14.4. The lowest BCUT2D eigenvalue weighted by Crippen LogP contribution is -2.35.